The summed E-state index contributed by atoms with van der Waals surface area (Å²) in [5.41, 5.74) is 0.271. The molecule has 0 N–H and O–H groups in total. The van der Waals surface area contributed by atoms with Crippen LogP contribution in [0.4, 0.5) is 0 Å². The number of hydrogen-bond donors (Lipinski definition) is 0. The van der Waals surface area contributed by atoms with Crippen molar-refractivity contribution in [1.82, 2.24) is 0 Å². The Morgan fingerprint density at radius 2 is 1.92 bits per heavy atom. The van der Waals surface area contributed by atoms with E-state index in [4.69, 9.17) is 18.6 Å². The van der Waals surface area contributed by atoms with E-state index in [1.807, 2.05) is 0 Å². The van der Waals surface area contributed by atoms with Crippen LogP contribution in [0, 0.1) is 6.92 Å². The first-order valence-corrected chi connectivity index (χ1v) is 8.07. The van der Waals surface area contributed by atoms with Gasteiger partial charge in [-0.3, -0.25) is 0 Å². The third-order valence-electron chi connectivity index (χ3n) is 3.07. The van der Waals surface area contributed by atoms with Crippen LogP contribution in [0.5, 0.6) is 5.75 Å². The fraction of sp³-hybridized carbons (Fsp3) is 0.412. The van der Waals surface area contributed by atoms with Gasteiger partial charge in [0.15, 0.2) is 6.61 Å². The van der Waals surface area contributed by atoms with Crippen molar-refractivity contribution >= 4 is 38.8 Å². The van der Waals surface area contributed by atoms with Gasteiger partial charge in [0.05, 0.1) is 11.6 Å². The summed E-state index contributed by atoms with van der Waals surface area (Å²) >= 11 is 3.36. The van der Waals surface area contributed by atoms with Crippen molar-refractivity contribution < 1.29 is 28.2 Å². The lowest BCUT2D eigenvalue weighted by Crippen LogP contribution is -2.27. The topological polar surface area (TPSA) is 75.0 Å². The van der Waals surface area contributed by atoms with Gasteiger partial charge in [-0.25, -0.2) is 9.59 Å². The van der Waals surface area contributed by atoms with Crippen molar-refractivity contribution in [1.29, 1.82) is 0 Å². The predicted octanol–water partition coefficient (Wildman–Crippen LogP) is 4.01. The summed E-state index contributed by atoms with van der Waals surface area (Å²) in [7, 11) is 1.30. The number of aryl methyl sites for hydroxylation is 1. The number of methoxy groups -OCH3 is 1. The lowest BCUT2D eigenvalue weighted by molar-refractivity contribution is -0.157. The molecule has 1 aromatic carbocycles. The van der Waals surface area contributed by atoms with Crippen LogP contribution in [-0.4, -0.2) is 31.3 Å². The minimum absolute atomic E-state index is 0.244. The molecule has 0 aliphatic carbocycles. The zero-order valence-electron chi connectivity index (χ0n) is 14.2. The van der Waals surface area contributed by atoms with Gasteiger partial charge in [0, 0.05) is 5.39 Å². The molecule has 0 saturated heterocycles. The SMILES string of the molecule is COC(=O)c1c(C)oc2cc(Br)c(OCC(=O)OC(C)(C)C)cc12. The summed E-state index contributed by atoms with van der Waals surface area (Å²) in [6.07, 6.45) is 0. The lowest BCUT2D eigenvalue weighted by atomic mass is 10.1. The quantitative estimate of drug-likeness (QED) is 0.724. The highest BCUT2D eigenvalue weighted by molar-refractivity contribution is 9.10. The maximum atomic E-state index is 11.9. The van der Waals surface area contributed by atoms with Gasteiger partial charge in [-0.2, -0.15) is 0 Å². The molecule has 6 nitrogen and oxygen atoms in total. The van der Waals surface area contributed by atoms with Crippen LogP contribution in [0.2, 0.25) is 0 Å². The molecular formula is C17H19BrO6. The normalized spacial score (nSPS) is 11.4. The lowest BCUT2D eigenvalue weighted by Gasteiger charge is -2.19. The van der Waals surface area contributed by atoms with E-state index in [1.54, 1.807) is 39.8 Å². The molecule has 0 aliphatic heterocycles. The molecule has 1 heterocycles. The molecule has 0 amide bonds. The second-order valence-corrected chi connectivity index (χ2v) is 7.03. The van der Waals surface area contributed by atoms with Gasteiger partial charge in [-0.05, 0) is 55.8 Å². The largest absolute Gasteiger partial charge is 0.481 e. The molecule has 0 fully saturated rings. The Morgan fingerprint density at radius 3 is 2.50 bits per heavy atom. The van der Waals surface area contributed by atoms with E-state index in [2.05, 4.69) is 15.9 Å². The molecule has 0 unspecified atom stereocenters. The average molecular weight is 399 g/mol. The maximum absolute atomic E-state index is 11.9. The van der Waals surface area contributed by atoms with Crippen LogP contribution in [0.15, 0.2) is 21.0 Å². The van der Waals surface area contributed by atoms with Crippen molar-refractivity contribution in [2.45, 2.75) is 33.3 Å². The molecule has 1 aromatic heterocycles. The first kappa shape index (κ1) is 18.3. The second-order valence-electron chi connectivity index (χ2n) is 6.18. The zero-order valence-corrected chi connectivity index (χ0v) is 15.8. The van der Waals surface area contributed by atoms with Gasteiger partial charge in [0.25, 0.3) is 0 Å². The van der Waals surface area contributed by atoms with Gasteiger partial charge in [0.2, 0.25) is 0 Å². The van der Waals surface area contributed by atoms with E-state index in [1.165, 1.54) is 7.11 Å². The molecule has 2 aromatic rings. The predicted molar refractivity (Wildman–Crippen MR) is 91.3 cm³/mol. The molecule has 0 spiro atoms. The standard InChI is InChI=1S/C17H19BrO6/c1-9-15(16(20)21-5)10-6-13(11(18)7-12(10)23-9)22-8-14(19)24-17(2,3)4/h6-7H,8H2,1-5H3. The van der Waals surface area contributed by atoms with E-state index >= 15 is 0 Å². The Hall–Kier alpha value is -2.02. The van der Waals surface area contributed by atoms with Gasteiger partial charge in [-0.1, -0.05) is 0 Å². The minimum atomic E-state index is -0.582. The summed E-state index contributed by atoms with van der Waals surface area (Å²) in [5, 5.41) is 0.557. The van der Waals surface area contributed by atoms with E-state index in [-0.39, 0.29) is 6.61 Å². The number of fused-ring (bicyclic) bond motifs is 1. The number of halogens is 1. The maximum Gasteiger partial charge on any atom is 0.344 e. The summed E-state index contributed by atoms with van der Waals surface area (Å²) in [4.78, 5) is 23.7. The third kappa shape index (κ3) is 4.08. The number of carbonyl (C=O) groups is 2. The highest BCUT2D eigenvalue weighted by Crippen LogP contribution is 2.35. The second kappa shape index (κ2) is 6.84. The molecule has 0 bridgehead atoms. The van der Waals surface area contributed by atoms with Gasteiger partial charge in [0.1, 0.15) is 28.3 Å². The van der Waals surface area contributed by atoms with Crippen LogP contribution >= 0.6 is 15.9 Å². The van der Waals surface area contributed by atoms with Crippen molar-refractivity contribution in [2.24, 2.45) is 0 Å². The van der Waals surface area contributed by atoms with E-state index < -0.39 is 17.5 Å². The van der Waals surface area contributed by atoms with Gasteiger partial charge < -0.3 is 18.6 Å². The molecule has 0 aliphatic rings. The van der Waals surface area contributed by atoms with Crippen molar-refractivity contribution in [3.63, 3.8) is 0 Å². The molecular weight excluding hydrogens is 380 g/mol. The number of carbonyl (C=O) groups excluding carboxylic acids is 2. The van der Waals surface area contributed by atoms with Crippen LogP contribution in [0.1, 0.15) is 36.9 Å². The number of furan rings is 1. The van der Waals surface area contributed by atoms with Gasteiger partial charge >= 0.3 is 11.9 Å². The Morgan fingerprint density at radius 1 is 1.25 bits per heavy atom. The zero-order chi connectivity index (χ0) is 18.1. The van der Waals surface area contributed by atoms with Crippen molar-refractivity contribution in [2.75, 3.05) is 13.7 Å². The smallest absolute Gasteiger partial charge is 0.344 e. The fourth-order valence-corrected chi connectivity index (χ4v) is 2.63. The summed E-state index contributed by atoms with van der Waals surface area (Å²) < 4.78 is 21.7. The van der Waals surface area contributed by atoms with Crippen LogP contribution in [0.25, 0.3) is 11.0 Å². The monoisotopic (exact) mass is 398 g/mol. The van der Waals surface area contributed by atoms with E-state index in [0.29, 0.717) is 32.5 Å². The number of rotatable bonds is 4. The number of benzene rings is 1. The minimum Gasteiger partial charge on any atom is -0.481 e. The molecule has 0 radical (unpaired) electrons. The highest BCUT2D eigenvalue weighted by atomic mass is 79.9. The molecule has 24 heavy (non-hydrogen) atoms. The molecule has 2 rings (SSSR count). The summed E-state index contributed by atoms with van der Waals surface area (Å²) in [6, 6.07) is 3.31. The number of ether oxygens (including phenoxy) is 3. The van der Waals surface area contributed by atoms with Crippen molar-refractivity contribution in [3.05, 3.63) is 27.9 Å². The Balaban J connectivity index is 2.29. The molecule has 0 saturated carbocycles. The van der Waals surface area contributed by atoms with Crippen molar-refractivity contribution in [3.8, 4) is 5.75 Å². The van der Waals surface area contributed by atoms with E-state index in [9.17, 15) is 9.59 Å². The Labute approximate surface area is 148 Å². The number of hydrogen-bond acceptors (Lipinski definition) is 6. The molecule has 0 atom stereocenters. The fourth-order valence-electron chi connectivity index (χ4n) is 2.19. The molecule has 130 valence electrons. The number of esters is 2. The average Bonchev–Trinajstić information content (AvgIpc) is 2.77. The van der Waals surface area contributed by atoms with E-state index in [0.717, 1.165) is 0 Å². The van der Waals surface area contributed by atoms with Crippen LogP contribution < -0.4 is 4.74 Å². The summed E-state index contributed by atoms with van der Waals surface area (Å²) in [6.45, 7) is 6.78. The van der Waals surface area contributed by atoms with Gasteiger partial charge in [-0.15, -0.1) is 0 Å². The third-order valence-corrected chi connectivity index (χ3v) is 3.69. The first-order chi connectivity index (χ1) is 11.1. The Kier molecular flexibility index (Phi) is 5.22. The van der Waals surface area contributed by atoms with Crippen LogP contribution in [0.3, 0.4) is 0 Å². The highest BCUT2D eigenvalue weighted by Gasteiger charge is 2.21. The first-order valence-electron chi connectivity index (χ1n) is 7.28. The van der Waals surface area contributed by atoms with Crippen LogP contribution in [-0.2, 0) is 14.3 Å². The Bertz CT molecular complexity index is 784. The summed E-state index contributed by atoms with van der Waals surface area (Å²) in [5.74, 6) is -0.120. The molecule has 7 heteroatoms.